The van der Waals surface area contributed by atoms with Gasteiger partial charge in [-0.3, -0.25) is 0 Å². The van der Waals surface area contributed by atoms with E-state index in [-0.39, 0.29) is 23.9 Å². The summed E-state index contributed by atoms with van der Waals surface area (Å²) in [4.78, 5) is 0. The van der Waals surface area contributed by atoms with Crippen LogP contribution in [0.15, 0.2) is 36.9 Å². The smallest absolute Gasteiger partial charge is 0.203 e. The maximum absolute atomic E-state index is 9.86. The fourth-order valence-corrected chi connectivity index (χ4v) is 2.36. The molecular weight excluding hydrogens is 336 g/mol. The van der Waals surface area contributed by atoms with Gasteiger partial charge in [-0.25, -0.2) is 0 Å². The van der Waals surface area contributed by atoms with Crippen molar-refractivity contribution in [3.63, 3.8) is 0 Å². The minimum absolute atomic E-state index is 0.175. The van der Waals surface area contributed by atoms with Gasteiger partial charge in [-0.1, -0.05) is 24.8 Å². The molecule has 6 heteroatoms. The summed E-state index contributed by atoms with van der Waals surface area (Å²) in [5.74, 6) is 1.18. The van der Waals surface area contributed by atoms with Crippen molar-refractivity contribution >= 4 is 12.2 Å². The Morgan fingerprint density at radius 1 is 0.846 bits per heavy atom. The van der Waals surface area contributed by atoms with Crippen LogP contribution in [0.2, 0.25) is 0 Å². The van der Waals surface area contributed by atoms with Crippen LogP contribution in [0.5, 0.6) is 34.5 Å². The Hall–Kier alpha value is -3.28. The molecule has 0 fully saturated rings. The van der Waals surface area contributed by atoms with Crippen molar-refractivity contribution in [3.05, 3.63) is 48.0 Å². The minimum Gasteiger partial charge on any atom is -0.504 e. The van der Waals surface area contributed by atoms with Gasteiger partial charge in [0.05, 0.1) is 21.3 Å². The fourth-order valence-electron chi connectivity index (χ4n) is 2.36. The minimum atomic E-state index is -0.309. The molecule has 0 saturated carbocycles. The SMILES string of the molecule is C=CCOc1cc(/C=C/c2cc(OC)c(OC)c(OC)c2)cc(O)c1O. The van der Waals surface area contributed by atoms with Crippen molar-refractivity contribution in [3.8, 4) is 34.5 Å². The first-order valence-electron chi connectivity index (χ1n) is 7.81. The van der Waals surface area contributed by atoms with E-state index in [1.165, 1.54) is 6.07 Å². The van der Waals surface area contributed by atoms with E-state index in [1.807, 2.05) is 6.08 Å². The van der Waals surface area contributed by atoms with Crippen LogP contribution in [-0.4, -0.2) is 38.1 Å². The summed E-state index contributed by atoms with van der Waals surface area (Å²) in [6, 6.07) is 6.65. The second kappa shape index (κ2) is 8.71. The molecule has 0 radical (unpaired) electrons. The van der Waals surface area contributed by atoms with Crippen LogP contribution in [0.4, 0.5) is 0 Å². The van der Waals surface area contributed by atoms with Crippen LogP contribution in [0, 0.1) is 0 Å². The third kappa shape index (κ3) is 4.22. The van der Waals surface area contributed by atoms with Gasteiger partial charge in [0, 0.05) is 0 Å². The molecule has 138 valence electrons. The number of rotatable bonds is 8. The third-order valence-corrected chi connectivity index (χ3v) is 3.59. The van der Waals surface area contributed by atoms with E-state index in [0.29, 0.717) is 22.8 Å². The van der Waals surface area contributed by atoms with Gasteiger partial charge >= 0.3 is 0 Å². The van der Waals surface area contributed by atoms with Crippen LogP contribution in [0.1, 0.15) is 11.1 Å². The molecule has 0 unspecified atom stereocenters. The highest BCUT2D eigenvalue weighted by molar-refractivity contribution is 5.74. The molecule has 0 atom stereocenters. The molecule has 0 bridgehead atoms. The number of phenols is 2. The first-order valence-corrected chi connectivity index (χ1v) is 7.81. The molecule has 0 amide bonds. The van der Waals surface area contributed by atoms with E-state index in [9.17, 15) is 10.2 Å². The monoisotopic (exact) mass is 358 g/mol. The molecule has 0 heterocycles. The summed E-state index contributed by atoms with van der Waals surface area (Å²) in [5, 5.41) is 19.7. The molecule has 6 nitrogen and oxygen atoms in total. The summed E-state index contributed by atoms with van der Waals surface area (Å²) in [6.45, 7) is 3.77. The Balaban J connectivity index is 2.37. The lowest BCUT2D eigenvalue weighted by molar-refractivity contribution is 0.324. The Kier molecular flexibility index (Phi) is 6.38. The largest absolute Gasteiger partial charge is 0.504 e. The summed E-state index contributed by atoms with van der Waals surface area (Å²) < 4.78 is 21.3. The van der Waals surface area contributed by atoms with E-state index >= 15 is 0 Å². The third-order valence-electron chi connectivity index (χ3n) is 3.59. The first kappa shape index (κ1) is 19.1. The maximum Gasteiger partial charge on any atom is 0.203 e. The highest BCUT2D eigenvalue weighted by Gasteiger charge is 2.12. The quantitative estimate of drug-likeness (QED) is 0.424. The van der Waals surface area contributed by atoms with Crippen molar-refractivity contribution < 1.29 is 29.2 Å². The molecule has 0 aromatic heterocycles. The summed E-state index contributed by atoms with van der Waals surface area (Å²) in [5.41, 5.74) is 1.45. The normalized spacial score (nSPS) is 10.6. The van der Waals surface area contributed by atoms with Gasteiger partial charge in [0.1, 0.15) is 6.61 Å². The number of benzene rings is 2. The van der Waals surface area contributed by atoms with E-state index < -0.39 is 0 Å². The van der Waals surface area contributed by atoms with Gasteiger partial charge in [-0.2, -0.15) is 0 Å². The zero-order valence-corrected chi connectivity index (χ0v) is 15.0. The van der Waals surface area contributed by atoms with Gasteiger partial charge in [-0.15, -0.1) is 0 Å². The molecule has 2 aromatic carbocycles. The highest BCUT2D eigenvalue weighted by atomic mass is 16.5. The van der Waals surface area contributed by atoms with Crippen LogP contribution in [0.25, 0.3) is 12.2 Å². The van der Waals surface area contributed by atoms with Crippen molar-refractivity contribution in [2.45, 2.75) is 0 Å². The number of phenolic OH excluding ortho intramolecular Hbond substituents is 2. The molecule has 0 saturated heterocycles. The molecule has 0 aliphatic heterocycles. The Bertz CT molecular complexity index is 785. The Labute approximate surface area is 152 Å². The molecule has 0 aliphatic rings. The summed E-state index contributed by atoms with van der Waals surface area (Å²) in [7, 11) is 4.64. The number of methoxy groups -OCH3 is 3. The van der Waals surface area contributed by atoms with Crippen molar-refractivity contribution in [1.82, 2.24) is 0 Å². The zero-order chi connectivity index (χ0) is 19.1. The number of hydrogen-bond donors (Lipinski definition) is 2. The summed E-state index contributed by atoms with van der Waals surface area (Å²) in [6.07, 6.45) is 5.13. The Morgan fingerprint density at radius 3 is 1.88 bits per heavy atom. The van der Waals surface area contributed by atoms with E-state index in [0.717, 1.165) is 5.56 Å². The predicted molar refractivity (Wildman–Crippen MR) is 100 cm³/mol. The number of ether oxygens (including phenoxy) is 4. The predicted octanol–water partition coefficient (Wildman–Crippen LogP) is 3.86. The van der Waals surface area contributed by atoms with Crippen LogP contribution in [0.3, 0.4) is 0 Å². The van der Waals surface area contributed by atoms with Crippen LogP contribution in [-0.2, 0) is 0 Å². The van der Waals surface area contributed by atoms with E-state index in [4.69, 9.17) is 18.9 Å². The number of aromatic hydroxyl groups is 2. The van der Waals surface area contributed by atoms with Gasteiger partial charge in [-0.05, 0) is 35.4 Å². The standard InChI is InChI=1S/C20H22O6/c1-5-8-26-16-10-13(9-15(21)19(16)22)6-7-14-11-17(23-2)20(25-4)18(12-14)24-3/h5-7,9-12,21-22H,1,8H2,2-4H3/b7-6+. The van der Waals surface area contributed by atoms with Gasteiger partial charge in [0.25, 0.3) is 0 Å². The molecule has 2 rings (SSSR count). The average Bonchev–Trinajstić information content (AvgIpc) is 2.66. The first-order chi connectivity index (χ1) is 12.5. The summed E-state index contributed by atoms with van der Waals surface area (Å²) >= 11 is 0. The van der Waals surface area contributed by atoms with Crippen LogP contribution >= 0.6 is 0 Å². The lowest BCUT2D eigenvalue weighted by atomic mass is 10.1. The van der Waals surface area contributed by atoms with E-state index in [1.54, 1.807) is 51.7 Å². The topological polar surface area (TPSA) is 77.4 Å². The molecule has 2 aromatic rings. The maximum atomic E-state index is 9.86. The molecule has 0 aliphatic carbocycles. The van der Waals surface area contributed by atoms with Crippen molar-refractivity contribution in [1.29, 1.82) is 0 Å². The molecular formula is C20H22O6. The lowest BCUT2D eigenvalue weighted by Crippen LogP contribution is -1.95. The van der Waals surface area contributed by atoms with E-state index in [2.05, 4.69) is 6.58 Å². The van der Waals surface area contributed by atoms with Gasteiger partial charge in [0.15, 0.2) is 23.0 Å². The fraction of sp³-hybridized carbons (Fsp3) is 0.200. The second-order valence-electron chi connectivity index (χ2n) is 5.28. The van der Waals surface area contributed by atoms with Gasteiger partial charge < -0.3 is 29.2 Å². The highest BCUT2D eigenvalue weighted by Crippen LogP contribution is 2.39. The lowest BCUT2D eigenvalue weighted by Gasteiger charge is -2.13. The van der Waals surface area contributed by atoms with Crippen molar-refractivity contribution in [2.24, 2.45) is 0 Å². The zero-order valence-electron chi connectivity index (χ0n) is 15.0. The van der Waals surface area contributed by atoms with Crippen molar-refractivity contribution in [2.75, 3.05) is 27.9 Å². The second-order valence-corrected chi connectivity index (χ2v) is 5.28. The van der Waals surface area contributed by atoms with Crippen LogP contribution < -0.4 is 18.9 Å². The molecule has 0 spiro atoms. The Morgan fingerprint density at radius 2 is 1.38 bits per heavy atom. The molecule has 2 N–H and O–H groups in total. The number of hydrogen-bond acceptors (Lipinski definition) is 6. The molecule has 26 heavy (non-hydrogen) atoms. The average molecular weight is 358 g/mol. The van der Waals surface area contributed by atoms with Gasteiger partial charge in [0.2, 0.25) is 11.5 Å².